The van der Waals surface area contributed by atoms with Gasteiger partial charge in [-0.3, -0.25) is 14.6 Å². The molecule has 1 fully saturated rings. The highest BCUT2D eigenvalue weighted by Crippen LogP contribution is 2.18. The molecule has 1 aliphatic heterocycles. The lowest BCUT2D eigenvalue weighted by molar-refractivity contribution is -0.117. The molecule has 0 aromatic heterocycles. The number of carbonyl (C=O) groups is 1. The van der Waals surface area contributed by atoms with E-state index in [2.05, 4.69) is 28.1 Å². The van der Waals surface area contributed by atoms with Gasteiger partial charge >= 0.3 is 0 Å². The summed E-state index contributed by atoms with van der Waals surface area (Å²) in [5.74, 6) is 0.976. The van der Waals surface area contributed by atoms with Crippen LogP contribution in [0.3, 0.4) is 0 Å². The molecule has 5 heteroatoms. The lowest BCUT2D eigenvalue weighted by Crippen LogP contribution is -2.49. The van der Waals surface area contributed by atoms with Crippen LogP contribution < -0.4 is 10.1 Å². The Morgan fingerprint density at radius 3 is 2.41 bits per heavy atom. The van der Waals surface area contributed by atoms with E-state index in [0.29, 0.717) is 13.2 Å². The first kappa shape index (κ1) is 19.4. The number of para-hydroxylation sites is 1. The van der Waals surface area contributed by atoms with Gasteiger partial charge in [0, 0.05) is 38.4 Å². The minimum Gasteiger partial charge on any atom is -0.492 e. The highest BCUT2D eigenvalue weighted by Gasteiger charge is 2.19. The van der Waals surface area contributed by atoms with E-state index < -0.39 is 0 Å². The van der Waals surface area contributed by atoms with Crippen LogP contribution in [0.15, 0.2) is 48.5 Å². The zero-order chi connectivity index (χ0) is 19.1. The molecule has 144 valence electrons. The van der Waals surface area contributed by atoms with Crippen LogP contribution in [0.25, 0.3) is 0 Å². The summed E-state index contributed by atoms with van der Waals surface area (Å²) in [7, 11) is 0. The van der Waals surface area contributed by atoms with Crippen LogP contribution in [-0.4, -0.2) is 61.6 Å². The molecule has 1 heterocycles. The molecule has 1 aliphatic rings. The summed E-state index contributed by atoms with van der Waals surface area (Å²) in [6, 6.07) is 15.9. The summed E-state index contributed by atoms with van der Waals surface area (Å²) in [6.07, 6.45) is 0. The van der Waals surface area contributed by atoms with Crippen molar-refractivity contribution >= 4 is 11.6 Å². The molecule has 1 amide bonds. The number of nitrogens with one attached hydrogen (secondary N) is 1. The third-order valence-electron chi connectivity index (χ3n) is 5.13. The Kier molecular flexibility index (Phi) is 6.85. The molecular formula is C22H29N3O2. The van der Waals surface area contributed by atoms with E-state index >= 15 is 0 Å². The van der Waals surface area contributed by atoms with Gasteiger partial charge in [0.1, 0.15) is 12.4 Å². The number of hydrogen-bond donors (Lipinski definition) is 1. The van der Waals surface area contributed by atoms with Gasteiger partial charge in [-0.05, 0) is 43.2 Å². The van der Waals surface area contributed by atoms with Crippen LogP contribution in [0.1, 0.15) is 11.1 Å². The van der Waals surface area contributed by atoms with Crippen molar-refractivity contribution in [3.05, 3.63) is 59.7 Å². The zero-order valence-corrected chi connectivity index (χ0v) is 16.3. The maximum atomic E-state index is 12.4. The molecular weight excluding hydrogens is 338 g/mol. The Bertz CT molecular complexity index is 740. The number of aryl methyl sites for hydroxylation is 1. The predicted molar refractivity (Wildman–Crippen MR) is 109 cm³/mol. The number of rotatable bonds is 7. The van der Waals surface area contributed by atoms with Crippen LogP contribution in [0, 0.1) is 13.8 Å². The molecule has 0 spiro atoms. The molecule has 0 bridgehead atoms. The van der Waals surface area contributed by atoms with Crippen molar-refractivity contribution in [2.45, 2.75) is 13.8 Å². The first-order valence-corrected chi connectivity index (χ1v) is 9.60. The topological polar surface area (TPSA) is 44.8 Å². The molecule has 0 radical (unpaired) electrons. The quantitative estimate of drug-likeness (QED) is 0.817. The van der Waals surface area contributed by atoms with E-state index in [4.69, 9.17) is 4.74 Å². The summed E-state index contributed by atoms with van der Waals surface area (Å²) in [5, 5.41) is 3.05. The van der Waals surface area contributed by atoms with Gasteiger partial charge in [-0.1, -0.05) is 30.3 Å². The number of carbonyl (C=O) groups excluding carboxylic acids is 1. The van der Waals surface area contributed by atoms with Crippen molar-refractivity contribution < 1.29 is 9.53 Å². The van der Waals surface area contributed by atoms with Gasteiger partial charge in [-0.25, -0.2) is 0 Å². The Labute approximate surface area is 161 Å². The second-order valence-corrected chi connectivity index (χ2v) is 7.07. The van der Waals surface area contributed by atoms with E-state index in [1.807, 2.05) is 49.4 Å². The van der Waals surface area contributed by atoms with Gasteiger partial charge in [0.25, 0.3) is 0 Å². The maximum Gasteiger partial charge on any atom is 0.238 e. The van der Waals surface area contributed by atoms with Crippen LogP contribution in [-0.2, 0) is 4.79 Å². The van der Waals surface area contributed by atoms with E-state index in [9.17, 15) is 4.79 Å². The summed E-state index contributed by atoms with van der Waals surface area (Å²) >= 11 is 0. The van der Waals surface area contributed by atoms with Crippen LogP contribution in [0.4, 0.5) is 5.69 Å². The van der Waals surface area contributed by atoms with Crippen LogP contribution in [0.5, 0.6) is 5.75 Å². The molecule has 1 N–H and O–H groups in total. The van der Waals surface area contributed by atoms with E-state index in [1.54, 1.807) is 0 Å². The van der Waals surface area contributed by atoms with E-state index in [1.165, 1.54) is 5.56 Å². The SMILES string of the molecule is Cc1cccc(NC(=O)CN2CCN(CCOc3ccccc3)CC2)c1C. The number of benzene rings is 2. The summed E-state index contributed by atoms with van der Waals surface area (Å²) in [4.78, 5) is 17.0. The van der Waals surface area contributed by atoms with Gasteiger partial charge in [0.05, 0.1) is 6.54 Å². The minimum atomic E-state index is 0.0598. The van der Waals surface area contributed by atoms with Gasteiger partial charge in [-0.2, -0.15) is 0 Å². The molecule has 1 saturated heterocycles. The standard InChI is InChI=1S/C22H29N3O2/c1-18-7-6-10-21(19(18)2)23-22(26)17-25-13-11-24(12-14-25)15-16-27-20-8-4-3-5-9-20/h3-10H,11-17H2,1-2H3,(H,23,26). The second kappa shape index (κ2) is 9.53. The summed E-state index contributed by atoms with van der Waals surface area (Å²) in [6.45, 7) is 9.91. The fourth-order valence-corrected chi connectivity index (χ4v) is 3.26. The molecule has 2 aromatic rings. The molecule has 0 aliphatic carbocycles. The first-order chi connectivity index (χ1) is 13.1. The average Bonchev–Trinajstić information content (AvgIpc) is 2.68. The van der Waals surface area contributed by atoms with Crippen molar-refractivity contribution in [2.24, 2.45) is 0 Å². The van der Waals surface area contributed by atoms with E-state index in [-0.39, 0.29) is 5.91 Å². The first-order valence-electron chi connectivity index (χ1n) is 9.60. The largest absolute Gasteiger partial charge is 0.492 e. The summed E-state index contributed by atoms with van der Waals surface area (Å²) < 4.78 is 5.77. The number of anilines is 1. The van der Waals surface area contributed by atoms with Gasteiger partial charge in [0.2, 0.25) is 5.91 Å². The monoisotopic (exact) mass is 367 g/mol. The van der Waals surface area contributed by atoms with Crippen molar-refractivity contribution in [3.63, 3.8) is 0 Å². The zero-order valence-electron chi connectivity index (χ0n) is 16.3. The van der Waals surface area contributed by atoms with Crippen LogP contribution >= 0.6 is 0 Å². The lowest BCUT2D eigenvalue weighted by Gasteiger charge is -2.34. The van der Waals surface area contributed by atoms with E-state index in [0.717, 1.165) is 49.7 Å². The Hall–Kier alpha value is -2.37. The minimum absolute atomic E-state index is 0.0598. The third-order valence-corrected chi connectivity index (χ3v) is 5.13. The molecule has 2 aromatic carbocycles. The number of nitrogens with zero attached hydrogens (tertiary/aromatic N) is 2. The fourth-order valence-electron chi connectivity index (χ4n) is 3.26. The van der Waals surface area contributed by atoms with Gasteiger partial charge in [-0.15, -0.1) is 0 Å². The maximum absolute atomic E-state index is 12.4. The molecule has 0 atom stereocenters. The molecule has 0 unspecified atom stereocenters. The average molecular weight is 367 g/mol. The van der Waals surface area contributed by atoms with Crippen LogP contribution in [0.2, 0.25) is 0 Å². The molecule has 5 nitrogen and oxygen atoms in total. The highest BCUT2D eigenvalue weighted by atomic mass is 16.5. The van der Waals surface area contributed by atoms with Crippen molar-refractivity contribution in [2.75, 3.05) is 51.2 Å². The van der Waals surface area contributed by atoms with Crippen molar-refractivity contribution in [1.29, 1.82) is 0 Å². The number of hydrogen-bond acceptors (Lipinski definition) is 4. The fraction of sp³-hybridized carbons (Fsp3) is 0.409. The number of ether oxygens (including phenoxy) is 1. The van der Waals surface area contributed by atoms with Crippen molar-refractivity contribution in [1.82, 2.24) is 9.80 Å². The highest BCUT2D eigenvalue weighted by molar-refractivity contribution is 5.93. The summed E-state index contributed by atoms with van der Waals surface area (Å²) in [5.41, 5.74) is 3.24. The molecule has 0 saturated carbocycles. The number of piperazine rings is 1. The molecule has 27 heavy (non-hydrogen) atoms. The smallest absolute Gasteiger partial charge is 0.238 e. The Morgan fingerprint density at radius 1 is 0.963 bits per heavy atom. The molecule has 3 rings (SSSR count). The Balaban J connectivity index is 1.36. The second-order valence-electron chi connectivity index (χ2n) is 7.07. The lowest BCUT2D eigenvalue weighted by atomic mass is 10.1. The Morgan fingerprint density at radius 2 is 1.67 bits per heavy atom. The van der Waals surface area contributed by atoms with Gasteiger partial charge < -0.3 is 10.1 Å². The van der Waals surface area contributed by atoms with Crippen molar-refractivity contribution in [3.8, 4) is 5.75 Å². The number of amides is 1. The normalized spacial score (nSPS) is 15.5. The predicted octanol–water partition coefficient (Wildman–Crippen LogP) is 2.94. The third kappa shape index (κ3) is 5.81. The van der Waals surface area contributed by atoms with Gasteiger partial charge in [0.15, 0.2) is 0 Å².